The summed E-state index contributed by atoms with van der Waals surface area (Å²) in [5, 5.41) is 3.37. The molecule has 2 aliphatic heterocycles. The van der Waals surface area contributed by atoms with Gasteiger partial charge in [0.05, 0.1) is 11.6 Å². The van der Waals surface area contributed by atoms with Crippen molar-refractivity contribution in [3.63, 3.8) is 0 Å². The van der Waals surface area contributed by atoms with Crippen molar-refractivity contribution in [3.8, 4) is 0 Å². The van der Waals surface area contributed by atoms with E-state index in [9.17, 15) is 9.59 Å². The van der Waals surface area contributed by atoms with Crippen LogP contribution < -0.4 is 5.32 Å². The van der Waals surface area contributed by atoms with Gasteiger partial charge in [-0.3, -0.25) is 9.59 Å². The van der Waals surface area contributed by atoms with Crippen LogP contribution >= 0.6 is 24.2 Å². The fraction of sp³-hybridized carbons (Fsp3) is 0.846. The van der Waals surface area contributed by atoms with E-state index in [1.54, 1.807) is 16.7 Å². The van der Waals surface area contributed by atoms with Crippen LogP contribution in [-0.4, -0.2) is 66.0 Å². The van der Waals surface area contributed by atoms with Crippen molar-refractivity contribution in [2.45, 2.75) is 19.8 Å². The summed E-state index contributed by atoms with van der Waals surface area (Å²) in [6, 6.07) is 0. The molecule has 0 unspecified atom stereocenters. The molecule has 2 saturated heterocycles. The number of halogens is 1. The molecule has 116 valence electrons. The monoisotopic (exact) mass is 321 g/mol. The largest absolute Gasteiger partial charge is 0.341 e. The van der Waals surface area contributed by atoms with Crippen LogP contribution in [0.5, 0.6) is 0 Å². The van der Waals surface area contributed by atoms with Gasteiger partial charge in [-0.1, -0.05) is 6.92 Å². The first-order valence-electron chi connectivity index (χ1n) is 7.04. The highest BCUT2D eigenvalue weighted by Gasteiger charge is 2.27. The van der Waals surface area contributed by atoms with Crippen LogP contribution in [-0.2, 0) is 9.59 Å². The molecule has 2 aliphatic rings. The number of nitrogens with zero attached hydrogens (tertiary/aromatic N) is 2. The smallest absolute Gasteiger partial charge is 0.242 e. The maximum absolute atomic E-state index is 12.1. The average Bonchev–Trinajstić information content (AvgIpc) is 2.82. The lowest BCUT2D eigenvalue weighted by atomic mass is 9.97. The molecule has 5 nitrogen and oxygen atoms in total. The molecule has 2 amide bonds. The van der Waals surface area contributed by atoms with E-state index >= 15 is 0 Å². The molecule has 0 aromatic rings. The first-order valence-corrected chi connectivity index (χ1v) is 8.20. The van der Waals surface area contributed by atoms with Crippen molar-refractivity contribution in [2.24, 2.45) is 5.92 Å². The summed E-state index contributed by atoms with van der Waals surface area (Å²) in [5.41, 5.74) is 0. The van der Waals surface area contributed by atoms with Crippen molar-refractivity contribution in [1.82, 2.24) is 15.1 Å². The van der Waals surface area contributed by atoms with Crippen LogP contribution in [0.2, 0.25) is 0 Å². The SMILES string of the molecule is CCNCC1CCN(C(=O)CN2CSCC2=O)CC1.Cl. The Morgan fingerprint density at radius 1 is 1.40 bits per heavy atom. The molecule has 0 aliphatic carbocycles. The van der Waals surface area contributed by atoms with Gasteiger partial charge in [-0.25, -0.2) is 0 Å². The predicted octanol–water partition coefficient (Wildman–Crippen LogP) is 0.789. The van der Waals surface area contributed by atoms with Gasteiger partial charge in [0, 0.05) is 13.1 Å². The molecule has 20 heavy (non-hydrogen) atoms. The van der Waals surface area contributed by atoms with E-state index in [1.165, 1.54) is 0 Å². The van der Waals surface area contributed by atoms with E-state index in [0.29, 0.717) is 17.5 Å². The quantitative estimate of drug-likeness (QED) is 0.813. The van der Waals surface area contributed by atoms with Crippen LogP contribution in [0.3, 0.4) is 0 Å². The second-order valence-electron chi connectivity index (χ2n) is 5.20. The number of rotatable bonds is 5. The lowest BCUT2D eigenvalue weighted by molar-refractivity contribution is -0.138. The van der Waals surface area contributed by atoms with E-state index < -0.39 is 0 Å². The molecule has 1 N–H and O–H groups in total. The second kappa shape index (κ2) is 8.74. The Morgan fingerprint density at radius 3 is 2.65 bits per heavy atom. The lowest BCUT2D eigenvalue weighted by Crippen LogP contribution is -2.45. The topological polar surface area (TPSA) is 52.7 Å². The minimum absolute atomic E-state index is 0. The number of hydrogen-bond acceptors (Lipinski definition) is 4. The summed E-state index contributed by atoms with van der Waals surface area (Å²) >= 11 is 1.59. The number of thioether (sulfide) groups is 1. The number of carbonyl (C=O) groups is 2. The van der Waals surface area contributed by atoms with Crippen molar-refractivity contribution in [1.29, 1.82) is 0 Å². The van der Waals surface area contributed by atoms with Crippen molar-refractivity contribution < 1.29 is 9.59 Å². The molecular formula is C13H24ClN3O2S. The van der Waals surface area contributed by atoms with Crippen LogP contribution in [0.4, 0.5) is 0 Å². The molecule has 0 spiro atoms. The maximum atomic E-state index is 12.1. The Bertz CT molecular complexity index is 336. The highest BCUT2D eigenvalue weighted by atomic mass is 35.5. The standard InChI is InChI=1S/C13H23N3O2S.ClH/c1-2-14-7-11-3-5-15(6-4-11)12(17)8-16-10-19-9-13(16)18;/h11,14H,2-10H2,1H3;1H. The zero-order valence-electron chi connectivity index (χ0n) is 12.0. The third-order valence-electron chi connectivity index (χ3n) is 3.80. The highest BCUT2D eigenvalue weighted by molar-refractivity contribution is 8.00. The Kier molecular flexibility index (Phi) is 7.69. The zero-order chi connectivity index (χ0) is 13.7. The Labute approximate surface area is 131 Å². The summed E-state index contributed by atoms with van der Waals surface area (Å²) in [7, 11) is 0. The van der Waals surface area contributed by atoms with Gasteiger partial charge in [0.15, 0.2) is 0 Å². The predicted molar refractivity (Wildman–Crippen MR) is 84.1 cm³/mol. The lowest BCUT2D eigenvalue weighted by Gasteiger charge is -2.33. The summed E-state index contributed by atoms with van der Waals surface area (Å²) in [6.45, 7) is 6.12. The van der Waals surface area contributed by atoms with Crippen molar-refractivity contribution in [3.05, 3.63) is 0 Å². The second-order valence-corrected chi connectivity index (χ2v) is 6.16. The van der Waals surface area contributed by atoms with Gasteiger partial charge >= 0.3 is 0 Å². The van der Waals surface area contributed by atoms with Gasteiger partial charge < -0.3 is 15.1 Å². The number of hydrogen-bond donors (Lipinski definition) is 1. The number of likely N-dealkylation sites (tertiary alicyclic amines) is 1. The first-order chi connectivity index (χ1) is 9.20. The first kappa shape index (κ1) is 17.6. The van der Waals surface area contributed by atoms with Gasteiger partial charge in [0.1, 0.15) is 6.54 Å². The van der Waals surface area contributed by atoms with Crippen LogP contribution in [0.25, 0.3) is 0 Å². The Hall–Kier alpha value is -0.460. The molecule has 7 heteroatoms. The molecule has 0 saturated carbocycles. The summed E-state index contributed by atoms with van der Waals surface area (Å²) < 4.78 is 0. The highest BCUT2D eigenvalue weighted by Crippen LogP contribution is 2.18. The van der Waals surface area contributed by atoms with E-state index in [2.05, 4.69) is 12.2 Å². The van der Waals surface area contributed by atoms with E-state index in [4.69, 9.17) is 0 Å². The van der Waals surface area contributed by atoms with E-state index in [1.807, 2.05) is 4.90 Å². The normalized spacial score (nSPS) is 20.1. The molecule has 0 radical (unpaired) electrons. The molecule has 0 bridgehead atoms. The van der Waals surface area contributed by atoms with Gasteiger partial charge in [-0.05, 0) is 31.8 Å². The van der Waals surface area contributed by atoms with Gasteiger partial charge in [0.25, 0.3) is 0 Å². The molecule has 0 atom stereocenters. The summed E-state index contributed by atoms with van der Waals surface area (Å²) in [5.74, 6) is 2.09. The minimum Gasteiger partial charge on any atom is -0.341 e. The zero-order valence-corrected chi connectivity index (χ0v) is 13.6. The fourth-order valence-electron chi connectivity index (χ4n) is 2.54. The minimum atomic E-state index is 0. The molecular weight excluding hydrogens is 298 g/mol. The molecule has 2 fully saturated rings. The summed E-state index contributed by atoms with van der Waals surface area (Å²) in [4.78, 5) is 27.2. The van der Waals surface area contributed by atoms with Crippen molar-refractivity contribution in [2.75, 3.05) is 44.4 Å². The number of nitrogens with one attached hydrogen (secondary N) is 1. The third kappa shape index (κ3) is 4.82. The third-order valence-corrected chi connectivity index (χ3v) is 4.75. The number of amides is 2. The van der Waals surface area contributed by atoms with Crippen LogP contribution in [0, 0.1) is 5.92 Å². The molecule has 2 heterocycles. The number of piperidine rings is 1. The molecule has 0 aromatic heterocycles. The maximum Gasteiger partial charge on any atom is 0.242 e. The van der Waals surface area contributed by atoms with E-state index in [-0.39, 0.29) is 30.8 Å². The molecule has 0 aromatic carbocycles. The Balaban J connectivity index is 0.00000200. The molecule has 2 rings (SSSR count). The van der Waals surface area contributed by atoms with Gasteiger partial charge in [0.2, 0.25) is 11.8 Å². The van der Waals surface area contributed by atoms with Gasteiger partial charge in [-0.2, -0.15) is 0 Å². The Morgan fingerprint density at radius 2 is 2.10 bits per heavy atom. The number of carbonyl (C=O) groups excluding carboxylic acids is 2. The summed E-state index contributed by atoms with van der Waals surface area (Å²) in [6.07, 6.45) is 2.14. The van der Waals surface area contributed by atoms with Gasteiger partial charge in [-0.15, -0.1) is 24.2 Å². The van der Waals surface area contributed by atoms with Crippen molar-refractivity contribution >= 4 is 36.0 Å². The van der Waals surface area contributed by atoms with E-state index in [0.717, 1.165) is 39.0 Å². The van der Waals surface area contributed by atoms with Crippen LogP contribution in [0.15, 0.2) is 0 Å². The van der Waals surface area contributed by atoms with Crippen LogP contribution in [0.1, 0.15) is 19.8 Å². The average molecular weight is 322 g/mol. The fourth-order valence-corrected chi connectivity index (χ4v) is 3.44.